The van der Waals surface area contributed by atoms with Gasteiger partial charge in [0.05, 0.1) is 28.6 Å². The molecule has 222 valence electrons. The van der Waals surface area contributed by atoms with Gasteiger partial charge in [-0.1, -0.05) is 0 Å². The minimum Gasteiger partial charge on any atom is -0.485 e. The number of rotatable bonds is 8. The average molecular weight is 593 g/mol. The predicted molar refractivity (Wildman–Crippen MR) is 130 cm³/mol. The Bertz CT molecular complexity index is 1500. The molecule has 0 aliphatic carbocycles. The van der Waals surface area contributed by atoms with Gasteiger partial charge in [0.1, 0.15) is 19.1 Å². The van der Waals surface area contributed by atoms with Crippen LogP contribution in [-0.4, -0.2) is 53.0 Å². The van der Waals surface area contributed by atoms with E-state index in [1.807, 2.05) is 0 Å². The summed E-state index contributed by atoms with van der Waals surface area (Å²) in [4.78, 5) is 39.7. The number of likely N-dealkylation sites (tertiary alicyclic amines) is 1. The summed E-state index contributed by atoms with van der Waals surface area (Å²) in [5.41, 5.74) is -5.80. The Labute approximate surface area is 226 Å². The number of hydrogen-bond acceptors (Lipinski definition) is 4. The molecule has 41 heavy (non-hydrogen) atoms. The first-order valence-corrected chi connectivity index (χ1v) is 12.3. The van der Waals surface area contributed by atoms with Crippen LogP contribution in [0, 0.1) is 0 Å². The van der Waals surface area contributed by atoms with Crippen molar-refractivity contribution in [1.29, 1.82) is 0 Å². The van der Waals surface area contributed by atoms with Gasteiger partial charge in [0.15, 0.2) is 6.10 Å². The standard InChI is InChI=1S/C26H23F8N3O4/c27-11-20(12-28)41-19-1-2-22-21(10-19)23(39)36(24(40)37(22)18-3-5-35(14-38)6-4-18)13-15-7-16(25(29,30)31)9-17(8-15)26(32,33)34/h1-2,7-10,14,18,20H,3-6,11-13H2. The Morgan fingerprint density at radius 1 is 0.902 bits per heavy atom. The third-order valence-corrected chi connectivity index (χ3v) is 6.79. The zero-order valence-corrected chi connectivity index (χ0v) is 21.1. The number of carbonyl (C=O) groups is 1. The van der Waals surface area contributed by atoms with Gasteiger partial charge in [0, 0.05) is 19.1 Å². The zero-order valence-electron chi connectivity index (χ0n) is 21.1. The van der Waals surface area contributed by atoms with Crippen molar-refractivity contribution in [2.24, 2.45) is 0 Å². The Kier molecular flexibility index (Phi) is 8.45. The number of fused-ring (bicyclic) bond motifs is 1. The molecule has 4 rings (SSSR count). The van der Waals surface area contributed by atoms with Crippen molar-refractivity contribution in [3.8, 4) is 5.75 Å². The van der Waals surface area contributed by atoms with E-state index in [0.717, 1.165) is 6.07 Å². The minimum absolute atomic E-state index is 0.0679. The van der Waals surface area contributed by atoms with Gasteiger partial charge >= 0.3 is 18.0 Å². The highest BCUT2D eigenvalue weighted by Gasteiger charge is 2.37. The molecule has 1 amide bonds. The highest BCUT2D eigenvalue weighted by molar-refractivity contribution is 5.80. The molecule has 0 atom stereocenters. The number of hydrogen-bond donors (Lipinski definition) is 0. The van der Waals surface area contributed by atoms with Gasteiger partial charge in [0.25, 0.3) is 5.56 Å². The molecule has 1 fully saturated rings. The lowest BCUT2D eigenvalue weighted by Gasteiger charge is -2.31. The second-order valence-electron chi connectivity index (χ2n) is 9.56. The number of aromatic nitrogens is 2. The number of piperidine rings is 1. The summed E-state index contributed by atoms with van der Waals surface area (Å²) in [6.07, 6.45) is -10.6. The fourth-order valence-electron chi connectivity index (χ4n) is 4.77. The maximum Gasteiger partial charge on any atom is 0.416 e. The van der Waals surface area contributed by atoms with Gasteiger partial charge in [-0.2, -0.15) is 26.3 Å². The molecule has 2 aromatic carbocycles. The van der Waals surface area contributed by atoms with Crippen LogP contribution in [0.15, 0.2) is 46.0 Å². The van der Waals surface area contributed by atoms with Crippen molar-refractivity contribution < 1.29 is 44.7 Å². The van der Waals surface area contributed by atoms with Gasteiger partial charge in [-0.15, -0.1) is 0 Å². The highest BCUT2D eigenvalue weighted by atomic mass is 19.4. The van der Waals surface area contributed by atoms with Gasteiger partial charge in [-0.05, 0) is 54.8 Å². The normalized spacial score (nSPS) is 15.1. The van der Waals surface area contributed by atoms with E-state index in [1.54, 1.807) is 0 Å². The average Bonchev–Trinajstić information content (AvgIpc) is 2.93. The van der Waals surface area contributed by atoms with Gasteiger partial charge in [0.2, 0.25) is 6.41 Å². The summed E-state index contributed by atoms with van der Waals surface area (Å²) >= 11 is 0. The molecule has 0 radical (unpaired) electrons. The first-order chi connectivity index (χ1) is 19.3. The molecule has 7 nitrogen and oxygen atoms in total. The lowest BCUT2D eigenvalue weighted by atomic mass is 10.0. The van der Waals surface area contributed by atoms with Crippen LogP contribution in [0.1, 0.15) is 35.6 Å². The van der Waals surface area contributed by atoms with Crippen LogP contribution < -0.4 is 16.0 Å². The molecule has 3 aromatic rings. The molecule has 1 aliphatic heterocycles. The topological polar surface area (TPSA) is 73.5 Å². The molecule has 0 bridgehead atoms. The van der Waals surface area contributed by atoms with Crippen molar-refractivity contribution >= 4 is 17.3 Å². The zero-order chi connectivity index (χ0) is 30.1. The number of ether oxygens (including phenoxy) is 1. The molecule has 1 aliphatic rings. The highest BCUT2D eigenvalue weighted by Crippen LogP contribution is 2.36. The smallest absolute Gasteiger partial charge is 0.416 e. The van der Waals surface area contributed by atoms with E-state index in [0.29, 0.717) is 23.1 Å². The molecule has 0 unspecified atom stereocenters. The van der Waals surface area contributed by atoms with Crippen LogP contribution in [0.3, 0.4) is 0 Å². The Hall–Kier alpha value is -3.91. The number of nitrogens with zero attached hydrogens (tertiary/aromatic N) is 3. The van der Waals surface area contributed by atoms with E-state index in [9.17, 15) is 49.5 Å². The van der Waals surface area contributed by atoms with Crippen molar-refractivity contribution in [1.82, 2.24) is 14.0 Å². The number of halogens is 8. The molecule has 0 spiro atoms. The first kappa shape index (κ1) is 30.1. The third kappa shape index (κ3) is 6.38. The molecular formula is C26H23F8N3O4. The van der Waals surface area contributed by atoms with Crippen LogP contribution in [0.25, 0.3) is 10.9 Å². The summed E-state index contributed by atoms with van der Waals surface area (Å²) < 4.78 is 113. The van der Waals surface area contributed by atoms with Crippen LogP contribution in [0.4, 0.5) is 35.1 Å². The molecule has 1 aromatic heterocycles. The van der Waals surface area contributed by atoms with E-state index in [-0.39, 0.29) is 48.6 Å². The largest absolute Gasteiger partial charge is 0.485 e. The van der Waals surface area contributed by atoms with Crippen LogP contribution in [0.5, 0.6) is 5.75 Å². The minimum atomic E-state index is -5.15. The summed E-state index contributed by atoms with van der Waals surface area (Å²) in [6, 6.07) is 3.89. The monoisotopic (exact) mass is 593 g/mol. The van der Waals surface area contributed by atoms with Crippen LogP contribution >= 0.6 is 0 Å². The fraction of sp³-hybridized carbons (Fsp3) is 0.423. The number of amides is 1. The lowest BCUT2D eigenvalue weighted by molar-refractivity contribution is -0.143. The summed E-state index contributed by atoms with van der Waals surface area (Å²) in [6.45, 7) is -2.81. The molecule has 15 heteroatoms. The Morgan fingerprint density at radius 2 is 1.49 bits per heavy atom. The third-order valence-electron chi connectivity index (χ3n) is 6.79. The predicted octanol–water partition coefficient (Wildman–Crippen LogP) is 4.73. The summed E-state index contributed by atoms with van der Waals surface area (Å²) in [7, 11) is 0. The molecule has 0 N–H and O–H groups in total. The van der Waals surface area contributed by atoms with Crippen LogP contribution in [-0.2, 0) is 23.7 Å². The van der Waals surface area contributed by atoms with Gasteiger partial charge in [-0.25, -0.2) is 13.6 Å². The van der Waals surface area contributed by atoms with E-state index < -0.39 is 72.3 Å². The van der Waals surface area contributed by atoms with Gasteiger partial charge < -0.3 is 9.64 Å². The van der Waals surface area contributed by atoms with Crippen molar-refractivity contribution in [2.75, 3.05) is 26.4 Å². The van der Waals surface area contributed by atoms with E-state index in [1.165, 1.54) is 21.6 Å². The van der Waals surface area contributed by atoms with E-state index in [4.69, 9.17) is 4.74 Å². The Balaban J connectivity index is 1.91. The lowest BCUT2D eigenvalue weighted by Crippen LogP contribution is -2.44. The quantitative estimate of drug-likeness (QED) is 0.280. The molecule has 2 heterocycles. The first-order valence-electron chi connectivity index (χ1n) is 12.3. The van der Waals surface area contributed by atoms with Crippen molar-refractivity contribution in [3.05, 3.63) is 73.9 Å². The Morgan fingerprint density at radius 3 is 2.00 bits per heavy atom. The van der Waals surface area contributed by atoms with E-state index >= 15 is 0 Å². The maximum atomic E-state index is 13.6. The van der Waals surface area contributed by atoms with Crippen LogP contribution in [0.2, 0.25) is 0 Å². The summed E-state index contributed by atoms with van der Waals surface area (Å²) in [5, 5.41) is -0.209. The van der Waals surface area contributed by atoms with Crippen molar-refractivity contribution in [3.63, 3.8) is 0 Å². The number of benzene rings is 2. The maximum absolute atomic E-state index is 13.6. The molecule has 0 saturated carbocycles. The molecular weight excluding hydrogens is 570 g/mol. The second kappa shape index (κ2) is 11.5. The summed E-state index contributed by atoms with van der Waals surface area (Å²) in [5.74, 6) is -0.138. The van der Waals surface area contributed by atoms with Gasteiger partial charge in [-0.3, -0.25) is 18.7 Å². The van der Waals surface area contributed by atoms with E-state index in [2.05, 4.69) is 0 Å². The fourth-order valence-corrected chi connectivity index (χ4v) is 4.77. The number of alkyl halides is 8. The second-order valence-corrected chi connectivity index (χ2v) is 9.56. The molecule has 1 saturated heterocycles. The SMILES string of the molecule is O=CN1CCC(n2c(=O)n(Cc3cc(C(F)(F)F)cc(C(F)(F)F)c3)c(=O)c3cc(OC(CF)CF)ccc32)CC1. The number of carbonyl (C=O) groups excluding carboxylic acids is 1. The van der Waals surface area contributed by atoms with Crippen molar-refractivity contribution in [2.45, 2.75) is 43.9 Å².